The van der Waals surface area contributed by atoms with Crippen LogP contribution >= 0.6 is 0 Å². The minimum atomic E-state index is -1.17. The molecule has 0 unspecified atom stereocenters. The highest BCUT2D eigenvalue weighted by molar-refractivity contribution is 5.83. The molecule has 0 amide bonds. The second-order valence-corrected chi connectivity index (χ2v) is 5.14. The summed E-state index contributed by atoms with van der Waals surface area (Å²) in [6.07, 6.45) is -1.14. The number of anilines is 1. The Bertz CT molecular complexity index is 646. The molecule has 0 spiro atoms. The van der Waals surface area contributed by atoms with E-state index in [4.69, 9.17) is 9.84 Å². The summed E-state index contributed by atoms with van der Waals surface area (Å²) in [6, 6.07) is 0. The largest absolute Gasteiger partial charge is 0.394 e. The first-order chi connectivity index (χ1) is 10.0. The number of imidazole rings is 1. The van der Waals surface area contributed by atoms with Gasteiger partial charge >= 0.3 is 0 Å². The molecule has 21 heavy (non-hydrogen) atoms. The number of fused-ring (bicyclic) bond motifs is 1. The zero-order valence-electron chi connectivity index (χ0n) is 11.7. The van der Waals surface area contributed by atoms with E-state index in [9.17, 15) is 10.2 Å². The Hall–Kier alpha value is -1.81. The van der Waals surface area contributed by atoms with Crippen molar-refractivity contribution in [1.29, 1.82) is 0 Å². The number of rotatable bonds is 3. The quantitative estimate of drug-likeness (QED) is 0.626. The molecule has 1 aliphatic heterocycles. The van der Waals surface area contributed by atoms with Crippen LogP contribution in [0, 0.1) is 0 Å². The Morgan fingerprint density at radius 1 is 1.24 bits per heavy atom. The number of nitrogens with zero attached hydrogens (tertiary/aromatic N) is 5. The first kappa shape index (κ1) is 14.1. The van der Waals surface area contributed by atoms with E-state index in [2.05, 4.69) is 15.0 Å². The predicted molar refractivity (Wildman–Crippen MR) is 72.7 cm³/mol. The van der Waals surface area contributed by atoms with Gasteiger partial charge < -0.3 is 25.0 Å². The van der Waals surface area contributed by atoms with E-state index in [0.717, 1.165) is 0 Å². The minimum Gasteiger partial charge on any atom is -0.394 e. The molecular formula is C12H17N5O4. The average Bonchev–Trinajstić information content (AvgIpc) is 3.01. The summed E-state index contributed by atoms with van der Waals surface area (Å²) in [5.74, 6) is 0.644. The summed E-state index contributed by atoms with van der Waals surface area (Å²) in [4.78, 5) is 14.4. The van der Waals surface area contributed by atoms with Crippen LogP contribution in [0.1, 0.15) is 6.23 Å². The van der Waals surface area contributed by atoms with Gasteiger partial charge in [-0.3, -0.25) is 4.57 Å². The SMILES string of the molecule is CN(C)c1ncnc2c1ncn2[C@@H]1O[C@@H](CO)[C@@H](O)[C@@H]1O. The van der Waals surface area contributed by atoms with Crippen molar-refractivity contribution in [2.75, 3.05) is 25.6 Å². The molecule has 1 fully saturated rings. The van der Waals surface area contributed by atoms with E-state index in [0.29, 0.717) is 17.0 Å². The topological polar surface area (TPSA) is 117 Å². The van der Waals surface area contributed by atoms with Crippen molar-refractivity contribution in [1.82, 2.24) is 19.5 Å². The van der Waals surface area contributed by atoms with E-state index in [1.807, 2.05) is 14.1 Å². The van der Waals surface area contributed by atoms with Gasteiger partial charge in [-0.25, -0.2) is 15.0 Å². The molecule has 114 valence electrons. The average molecular weight is 295 g/mol. The van der Waals surface area contributed by atoms with E-state index in [1.165, 1.54) is 17.2 Å². The molecule has 9 heteroatoms. The molecule has 4 atom stereocenters. The third kappa shape index (κ3) is 2.14. The zero-order chi connectivity index (χ0) is 15.1. The van der Waals surface area contributed by atoms with Gasteiger partial charge in [0.1, 0.15) is 24.6 Å². The Labute approximate surface area is 120 Å². The third-order valence-corrected chi connectivity index (χ3v) is 3.55. The highest BCUT2D eigenvalue weighted by Crippen LogP contribution is 2.32. The van der Waals surface area contributed by atoms with Gasteiger partial charge in [0.05, 0.1) is 12.9 Å². The molecule has 0 aromatic carbocycles. The maximum Gasteiger partial charge on any atom is 0.167 e. The lowest BCUT2D eigenvalue weighted by atomic mass is 10.1. The van der Waals surface area contributed by atoms with Gasteiger partial charge in [0.15, 0.2) is 23.2 Å². The van der Waals surface area contributed by atoms with Gasteiger partial charge in [-0.15, -0.1) is 0 Å². The zero-order valence-corrected chi connectivity index (χ0v) is 11.7. The fraction of sp³-hybridized carbons (Fsp3) is 0.583. The Morgan fingerprint density at radius 3 is 2.62 bits per heavy atom. The minimum absolute atomic E-state index is 0.376. The molecule has 0 bridgehead atoms. The number of aliphatic hydroxyl groups is 3. The third-order valence-electron chi connectivity index (χ3n) is 3.55. The molecule has 9 nitrogen and oxygen atoms in total. The monoisotopic (exact) mass is 295 g/mol. The van der Waals surface area contributed by atoms with Crippen molar-refractivity contribution in [2.24, 2.45) is 0 Å². The summed E-state index contributed by atoms with van der Waals surface area (Å²) in [5.41, 5.74) is 1.06. The fourth-order valence-electron chi connectivity index (χ4n) is 2.46. The lowest BCUT2D eigenvalue weighted by molar-refractivity contribution is -0.0511. The number of ether oxygens (including phenoxy) is 1. The van der Waals surface area contributed by atoms with Crippen LogP contribution in [-0.4, -0.2) is 73.9 Å². The fourth-order valence-corrected chi connectivity index (χ4v) is 2.46. The highest BCUT2D eigenvalue weighted by Gasteiger charge is 2.44. The number of hydrogen-bond donors (Lipinski definition) is 3. The van der Waals surface area contributed by atoms with Crippen LogP contribution in [0.4, 0.5) is 5.82 Å². The Morgan fingerprint density at radius 2 is 2.00 bits per heavy atom. The van der Waals surface area contributed by atoms with Gasteiger partial charge in [0, 0.05) is 14.1 Å². The van der Waals surface area contributed by atoms with Gasteiger partial charge in [-0.1, -0.05) is 0 Å². The van der Waals surface area contributed by atoms with Crippen LogP contribution in [0.3, 0.4) is 0 Å². The molecule has 0 saturated carbocycles. The molecule has 0 radical (unpaired) electrons. The maximum atomic E-state index is 10.1. The predicted octanol–water partition coefficient (Wildman–Crippen LogP) is -1.50. The van der Waals surface area contributed by atoms with Crippen LogP contribution in [0.25, 0.3) is 11.2 Å². The molecular weight excluding hydrogens is 278 g/mol. The molecule has 3 heterocycles. The van der Waals surface area contributed by atoms with Crippen LogP contribution in [0.2, 0.25) is 0 Å². The molecule has 2 aromatic heterocycles. The molecule has 2 aromatic rings. The van der Waals surface area contributed by atoms with Gasteiger partial charge in [-0.2, -0.15) is 0 Å². The van der Waals surface area contributed by atoms with Crippen LogP contribution in [-0.2, 0) is 4.74 Å². The summed E-state index contributed by atoms with van der Waals surface area (Å²) < 4.78 is 7.02. The van der Waals surface area contributed by atoms with E-state index < -0.39 is 24.5 Å². The van der Waals surface area contributed by atoms with Crippen molar-refractivity contribution in [2.45, 2.75) is 24.5 Å². The normalized spacial score (nSPS) is 29.2. The number of aromatic nitrogens is 4. The number of aliphatic hydroxyl groups excluding tert-OH is 3. The summed E-state index contributed by atoms with van der Waals surface area (Å²) in [7, 11) is 3.68. The van der Waals surface area contributed by atoms with Crippen LogP contribution < -0.4 is 4.90 Å². The lowest BCUT2D eigenvalue weighted by Crippen LogP contribution is -2.33. The summed E-state index contributed by atoms with van der Waals surface area (Å²) in [6.45, 7) is -0.376. The Balaban J connectivity index is 2.04. The van der Waals surface area contributed by atoms with Crippen molar-refractivity contribution in [3.05, 3.63) is 12.7 Å². The summed E-state index contributed by atoms with van der Waals surface area (Å²) >= 11 is 0. The second-order valence-electron chi connectivity index (χ2n) is 5.14. The standard InChI is InChI=1S/C12H17N5O4/c1-16(2)10-7-11(14-4-13-10)17(5-15-7)12-9(20)8(19)6(3-18)21-12/h4-6,8-9,12,18-20H,3H2,1-2H3/t6-,8+,9-,12+/m0/s1. The Kier molecular flexibility index (Phi) is 3.49. The summed E-state index contributed by atoms with van der Waals surface area (Å²) in [5, 5.41) is 29.1. The van der Waals surface area contributed by atoms with Gasteiger partial charge in [-0.05, 0) is 0 Å². The molecule has 1 aliphatic rings. The van der Waals surface area contributed by atoms with Crippen molar-refractivity contribution >= 4 is 17.0 Å². The highest BCUT2D eigenvalue weighted by atomic mass is 16.6. The van der Waals surface area contributed by atoms with Gasteiger partial charge in [0.2, 0.25) is 0 Å². The van der Waals surface area contributed by atoms with Crippen LogP contribution in [0.15, 0.2) is 12.7 Å². The smallest absolute Gasteiger partial charge is 0.167 e. The van der Waals surface area contributed by atoms with Crippen molar-refractivity contribution in [3.63, 3.8) is 0 Å². The van der Waals surface area contributed by atoms with Crippen LogP contribution in [0.5, 0.6) is 0 Å². The first-order valence-corrected chi connectivity index (χ1v) is 6.52. The van der Waals surface area contributed by atoms with Gasteiger partial charge in [0.25, 0.3) is 0 Å². The van der Waals surface area contributed by atoms with E-state index in [-0.39, 0.29) is 6.61 Å². The molecule has 0 aliphatic carbocycles. The number of hydrogen-bond acceptors (Lipinski definition) is 8. The molecule has 3 N–H and O–H groups in total. The van der Waals surface area contributed by atoms with Crippen molar-refractivity contribution < 1.29 is 20.1 Å². The van der Waals surface area contributed by atoms with Crippen molar-refractivity contribution in [3.8, 4) is 0 Å². The first-order valence-electron chi connectivity index (χ1n) is 6.52. The molecule has 3 rings (SSSR count). The van der Waals surface area contributed by atoms with E-state index in [1.54, 1.807) is 4.90 Å². The maximum absolute atomic E-state index is 10.1. The lowest BCUT2D eigenvalue weighted by Gasteiger charge is -2.17. The van der Waals surface area contributed by atoms with E-state index >= 15 is 0 Å². The second kappa shape index (κ2) is 5.19. The molecule has 1 saturated heterocycles.